The molecule has 0 spiro atoms. The second-order valence-electron chi connectivity index (χ2n) is 5.92. The Labute approximate surface area is 141 Å². The maximum absolute atomic E-state index is 11.9. The number of aromatic nitrogens is 3. The fourth-order valence-electron chi connectivity index (χ4n) is 2.85. The lowest BCUT2D eigenvalue weighted by Gasteiger charge is -2.25. The van der Waals surface area contributed by atoms with Gasteiger partial charge in [0.2, 0.25) is 0 Å². The van der Waals surface area contributed by atoms with Crippen molar-refractivity contribution in [3.8, 4) is 5.75 Å². The van der Waals surface area contributed by atoms with E-state index in [4.69, 9.17) is 4.74 Å². The van der Waals surface area contributed by atoms with Crippen LogP contribution in [0, 0.1) is 5.92 Å². The molecule has 0 radical (unpaired) electrons. The fraction of sp³-hybridized carbons (Fsp3) is 0.471. The van der Waals surface area contributed by atoms with Gasteiger partial charge in [0.15, 0.2) is 0 Å². The molecule has 128 valence electrons. The van der Waals surface area contributed by atoms with Crippen molar-refractivity contribution in [3.05, 3.63) is 42.0 Å². The number of carbonyl (C=O) groups is 1. The van der Waals surface area contributed by atoms with Gasteiger partial charge in [0.1, 0.15) is 17.9 Å². The Morgan fingerprint density at radius 1 is 1.38 bits per heavy atom. The molecule has 2 heterocycles. The highest BCUT2D eigenvalue weighted by atomic mass is 16.5. The summed E-state index contributed by atoms with van der Waals surface area (Å²) in [4.78, 5) is 11.9. The molecule has 1 aromatic carbocycles. The number of carbonyl (C=O) groups excluding carboxylic acids is 1. The van der Waals surface area contributed by atoms with E-state index in [0.29, 0.717) is 32.2 Å². The average molecular weight is 329 g/mol. The molecule has 1 aromatic heterocycles. The van der Waals surface area contributed by atoms with Gasteiger partial charge in [0, 0.05) is 32.0 Å². The Balaban J connectivity index is 1.37. The molecule has 7 heteroatoms. The molecule has 2 amide bonds. The predicted molar refractivity (Wildman–Crippen MR) is 89.9 cm³/mol. The Kier molecular flexibility index (Phi) is 5.30. The number of nitrogens with one attached hydrogen (secondary N) is 2. The number of ether oxygens (including phenoxy) is 1. The molecule has 3 rings (SSSR count). The molecule has 7 nitrogen and oxygen atoms in total. The van der Waals surface area contributed by atoms with E-state index in [-0.39, 0.29) is 6.03 Å². The van der Waals surface area contributed by atoms with Crippen molar-refractivity contribution < 1.29 is 9.53 Å². The molecule has 24 heavy (non-hydrogen) atoms. The maximum Gasteiger partial charge on any atom is 0.314 e. The van der Waals surface area contributed by atoms with Crippen LogP contribution in [0.1, 0.15) is 18.3 Å². The summed E-state index contributed by atoms with van der Waals surface area (Å²) in [5.74, 6) is 2.18. The number of urea groups is 1. The van der Waals surface area contributed by atoms with Crippen LogP contribution < -0.4 is 15.4 Å². The molecular weight excluding hydrogens is 306 g/mol. The molecule has 0 fully saturated rings. The van der Waals surface area contributed by atoms with Crippen LogP contribution in [0.25, 0.3) is 0 Å². The molecule has 1 aliphatic heterocycles. The molecule has 0 bridgehead atoms. The van der Waals surface area contributed by atoms with Crippen molar-refractivity contribution in [1.29, 1.82) is 0 Å². The number of para-hydroxylation sites is 1. The van der Waals surface area contributed by atoms with Crippen LogP contribution in [0.3, 0.4) is 0 Å². The molecule has 0 aliphatic carbocycles. The summed E-state index contributed by atoms with van der Waals surface area (Å²) in [5.41, 5.74) is 1.20. The normalized spacial score (nSPS) is 16.1. The van der Waals surface area contributed by atoms with Gasteiger partial charge in [-0.1, -0.05) is 25.1 Å². The van der Waals surface area contributed by atoms with E-state index in [1.165, 1.54) is 5.56 Å². The first-order chi connectivity index (χ1) is 11.8. The second-order valence-corrected chi connectivity index (χ2v) is 5.92. The van der Waals surface area contributed by atoms with Crippen LogP contribution in [-0.2, 0) is 19.4 Å². The van der Waals surface area contributed by atoms with Crippen LogP contribution in [0.2, 0.25) is 0 Å². The minimum Gasteiger partial charge on any atom is -0.493 e. The summed E-state index contributed by atoms with van der Waals surface area (Å²) in [6, 6.07) is 7.90. The Morgan fingerprint density at radius 2 is 2.25 bits per heavy atom. The van der Waals surface area contributed by atoms with Gasteiger partial charge in [0.05, 0.1) is 6.61 Å². The van der Waals surface area contributed by atoms with E-state index in [9.17, 15) is 4.79 Å². The first-order valence-corrected chi connectivity index (χ1v) is 8.35. The smallest absolute Gasteiger partial charge is 0.314 e. The van der Waals surface area contributed by atoms with E-state index < -0.39 is 0 Å². The Hall–Kier alpha value is -2.57. The number of fused-ring (bicyclic) bond motifs is 1. The molecule has 0 unspecified atom stereocenters. The molecule has 1 atom stereocenters. The van der Waals surface area contributed by atoms with E-state index >= 15 is 0 Å². The van der Waals surface area contributed by atoms with Gasteiger partial charge >= 0.3 is 6.03 Å². The number of benzene rings is 1. The largest absolute Gasteiger partial charge is 0.493 e. The summed E-state index contributed by atoms with van der Waals surface area (Å²) in [5, 5.41) is 13.7. The van der Waals surface area contributed by atoms with Gasteiger partial charge < -0.3 is 19.9 Å². The maximum atomic E-state index is 11.9. The highest BCUT2D eigenvalue weighted by Gasteiger charge is 2.19. The zero-order chi connectivity index (χ0) is 16.8. The standard InChI is InChI=1S/C17H23N5O2/c1-2-16-21-20-12-22(16)8-7-18-17(23)19-10-13-9-14-5-3-4-6-15(14)24-11-13/h3-6,12-13H,2,7-11H2,1H3,(H2,18,19,23)/t13-/m1/s1. The number of amides is 2. The summed E-state index contributed by atoms with van der Waals surface area (Å²) >= 11 is 0. The van der Waals surface area contributed by atoms with E-state index in [0.717, 1.165) is 24.4 Å². The van der Waals surface area contributed by atoms with Gasteiger partial charge in [-0.2, -0.15) is 0 Å². The van der Waals surface area contributed by atoms with E-state index in [1.54, 1.807) is 6.33 Å². The number of nitrogens with zero attached hydrogens (tertiary/aromatic N) is 3. The van der Waals surface area contributed by atoms with Crippen LogP contribution in [0.4, 0.5) is 4.79 Å². The molecule has 1 aliphatic rings. The topological polar surface area (TPSA) is 81.1 Å². The molecule has 0 saturated carbocycles. The predicted octanol–water partition coefficient (Wildman–Crippen LogP) is 1.39. The van der Waals surface area contributed by atoms with Crippen LogP contribution in [0.5, 0.6) is 5.75 Å². The van der Waals surface area contributed by atoms with Crippen molar-refractivity contribution in [2.45, 2.75) is 26.3 Å². The van der Waals surface area contributed by atoms with Crippen molar-refractivity contribution in [1.82, 2.24) is 25.4 Å². The van der Waals surface area contributed by atoms with Gasteiger partial charge in [-0.15, -0.1) is 10.2 Å². The molecule has 2 N–H and O–H groups in total. The summed E-state index contributed by atoms with van der Waals surface area (Å²) < 4.78 is 7.69. The quantitative estimate of drug-likeness (QED) is 0.839. The third-order valence-corrected chi connectivity index (χ3v) is 4.16. The van der Waals surface area contributed by atoms with Gasteiger partial charge in [-0.25, -0.2) is 4.79 Å². The molecule has 0 saturated heterocycles. The fourth-order valence-corrected chi connectivity index (χ4v) is 2.85. The zero-order valence-corrected chi connectivity index (χ0v) is 13.9. The lowest BCUT2D eigenvalue weighted by atomic mass is 9.97. The zero-order valence-electron chi connectivity index (χ0n) is 13.9. The first-order valence-electron chi connectivity index (χ1n) is 8.35. The summed E-state index contributed by atoms with van der Waals surface area (Å²) in [6.07, 6.45) is 3.45. The Morgan fingerprint density at radius 3 is 3.12 bits per heavy atom. The number of hydrogen-bond acceptors (Lipinski definition) is 4. The third-order valence-electron chi connectivity index (χ3n) is 4.16. The monoisotopic (exact) mass is 329 g/mol. The highest BCUT2D eigenvalue weighted by molar-refractivity contribution is 5.73. The van der Waals surface area contributed by atoms with E-state index in [1.807, 2.05) is 29.7 Å². The minimum absolute atomic E-state index is 0.153. The van der Waals surface area contributed by atoms with Crippen LogP contribution in [0.15, 0.2) is 30.6 Å². The summed E-state index contributed by atoms with van der Waals surface area (Å²) in [7, 11) is 0. The minimum atomic E-state index is -0.153. The van der Waals surface area contributed by atoms with Gasteiger partial charge in [-0.05, 0) is 18.1 Å². The molecule has 2 aromatic rings. The third kappa shape index (κ3) is 4.04. The van der Waals surface area contributed by atoms with Crippen LogP contribution >= 0.6 is 0 Å². The average Bonchev–Trinajstić information content (AvgIpc) is 3.07. The lowest BCUT2D eigenvalue weighted by molar-refractivity contribution is 0.211. The first kappa shape index (κ1) is 16.3. The number of rotatable bonds is 6. The summed E-state index contributed by atoms with van der Waals surface area (Å²) in [6.45, 7) is 4.49. The lowest BCUT2D eigenvalue weighted by Crippen LogP contribution is -2.41. The Bertz CT molecular complexity index is 685. The molecular formula is C17H23N5O2. The van der Waals surface area contributed by atoms with Crippen LogP contribution in [-0.4, -0.2) is 40.5 Å². The SMILES string of the molecule is CCc1nncn1CCNC(=O)NC[C@@H]1COc2ccccc2C1. The van der Waals surface area contributed by atoms with Crippen molar-refractivity contribution in [2.75, 3.05) is 19.7 Å². The number of hydrogen-bond donors (Lipinski definition) is 2. The second kappa shape index (κ2) is 7.81. The highest BCUT2D eigenvalue weighted by Crippen LogP contribution is 2.26. The van der Waals surface area contributed by atoms with Crippen molar-refractivity contribution >= 4 is 6.03 Å². The van der Waals surface area contributed by atoms with Crippen molar-refractivity contribution in [2.24, 2.45) is 5.92 Å². The van der Waals surface area contributed by atoms with Gasteiger partial charge in [-0.3, -0.25) is 0 Å². The number of aryl methyl sites for hydroxylation is 1. The van der Waals surface area contributed by atoms with Gasteiger partial charge in [0.25, 0.3) is 0 Å². The van der Waals surface area contributed by atoms with E-state index in [2.05, 4.69) is 26.9 Å². The van der Waals surface area contributed by atoms with Crippen molar-refractivity contribution in [3.63, 3.8) is 0 Å².